The molecule has 2 fully saturated rings. The maximum atomic E-state index is 3.72. The summed E-state index contributed by atoms with van der Waals surface area (Å²) in [5, 5.41) is 3.72. The Hall–Kier alpha value is -0.0400. The lowest BCUT2D eigenvalue weighted by Crippen LogP contribution is -2.26. The van der Waals surface area contributed by atoms with E-state index in [4.69, 9.17) is 0 Å². The topological polar surface area (TPSA) is 12.0 Å². The van der Waals surface area contributed by atoms with Gasteiger partial charge in [-0.3, -0.25) is 0 Å². The highest BCUT2D eigenvalue weighted by atomic mass is 14.9. The quantitative estimate of drug-likeness (QED) is 0.526. The molecule has 0 amide bonds. The number of unbranched alkanes of at least 4 members (excludes halogenated alkanes) is 5. The second-order valence-electron chi connectivity index (χ2n) is 6.31. The van der Waals surface area contributed by atoms with Gasteiger partial charge in [-0.1, -0.05) is 39.0 Å². The zero-order valence-corrected chi connectivity index (χ0v) is 11.7. The van der Waals surface area contributed by atoms with Crippen molar-refractivity contribution in [1.82, 2.24) is 5.32 Å². The molecule has 1 nitrogen and oxygen atoms in total. The van der Waals surface area contributed by atoms with E-state index in [1.54, 1.807) is 0 Å². The van der Waals surface area contributed by atoms with Gasteiger partial charge in [0.2, 0.25) is 0 Å². The molecule has 1 heteroatoms. The molecule has 0 radical (unpaired) electrons. The van der Waals surface area contributed by atoms with E-state index in [2.05, 4.69) is 12.2 Å². The van der Waals surface area contributed by atoms with Crippen LogP contribution < -0.4 is 5.32 Å². The van der Waals surface area contributed by atoms with Gasteiger partial charge in [-0.25, -0.2) is 0 Å². The van der Waals surface area contributed by atoms with Crippen LogP contribution in [-0.4, -0.2) is 13.1 Å². The molecule has 17 heavy (non-hydrogen) atoms. The standard InChI is InChI=1S/C16H31N/c1-2-3-4-5-6-7-12-17-13-16(14-8-9-14)15-10-11-15/h14-17H,2-13H2,1H3. The van der Waals surface area contributed by atoms with Crippen molar-refractivity contribution in [2.24, 2.45) is 17.8 Å². The molecule has 2 aliphatic rings. The highest BCUT2D eigenvalue weighted by Gasteiger charge is 2.40. The molecular formula is C16H31N. The largest absolute Gasteiger partial charge is 0.316 e. The smallest absolute Gasteiger partial charge is 0.00152 e. The Kier molecular flexibility index (Phi) is 5.84. The van der Waals surface area contributed by atoms with Crippen molar-refractivity contribution >= 4 is 0 Å². The fourth-order valence-electron chi connectivity index (χ4n) is 3.07. The summed E-state index contributed by atoms with van der Waals surface area (Å²) in [5.74, 6) is 3.27. The monoisotopic (exact) mass is 237 g/mol. The molecule has 0 bridgehead atoms. The van der Waals surface area contributed by atoms with Crippen molar-refractivity contribution in [1.29, 1.82) is 0 Å². The number of hydrogen-bond donors (Lipinski definition) is 1. The summed E-state index contributed by atoms with van der Waals surface area (Å²) in [7, 11) is 0. The van der Waals surface area contributed by atoms with Gasteiger partial charge >= 0.3 is 0 Å². The third-order valence-electron chi connectivity index (χ3n) is 4.54. The molecule has 2 rings (SSSR count). The molecule has 0 aromatic carbocycles. The van der Waals surface area contributed by atoms with Crippen molar-refractivity contribution in [3.05, 3.63) is 0 Å². The first-order chi connectivity index (χ1) is 8.42. The first-order valence-electron chi connectivity index (χ1n) is 8.12. The van der Waals surface area contributed by atoms with Gasteiger partial charge in [0.1, 0.15) is 0 Å². The summed E-state index contributed by atoms with van der Waals surface area (Å²) in [4.78, 5) is 0. The van der Waals surface area contributed by atoms with Gasteiger partial charge in [-0.15, -0.1) is 0 Å². The van der Waals surface area contributed by atoms with Crippen molar-refractivity contribution in [3.8, 4) is 0 Å². The average molecular weight is 237 g/mol. The molecule has 0 aromatic rings. The molecule has 100 valence electrons. The fourth-order valence-corrected chi connectivity index (χ4v) is 3.07. The van der Waals surface area contributed by atoms with Crippen LogP contribution in [0.3, 0.4) is 0 Å². The summed E-state index contributed by atoms with van der Waals surface area (Å²) in [5.41, 5.74) is 0. The number of nitrogens with one attached hydrogen (secondary N) is 1. The fraction of sp³-hybridized carbons (Fsp3) is 1.00. The predicted octanol–water partition coefficient (Wildman–Crippen LogP) is 4.37. The van der Waals surface area contributed by atoms with Gasteiger partial charge in [0.05, 0.1) is 0 Å². The lowest BCUT2D eigenvalue weighted by molar-refractivity contribution is 0.377. The molecule has 0 spiro atoms. The zero-order chi connectivity index (χ0) is 11.9. The van der Waals surface area contributed by atoms with Crippen LogP contribution in [0.4, 0.5) is 0 Å². The van der Waals surface area contributed by atoms with Crippen LogP contribution in [0.2, 0.25) is 0 Å². The SMILES string of the molecule is CCCCCCCCNCC(C1CC1)C1CC1. The molecule has 0 heterocycles. The van der Waals surface area contributed by atoms with Gasteiger partial charge in [-0.2, -0.15) is 0 Å². The summed E-state index contributed by atoms with van der Waals surface area (Å²) in [6.07, 6.45) is 14.6. The van der Waals surface area contributed by atoms with Gasteiger partial charge in [0.25, 0.3) is 0 Å². The molecule has 0 atom stereocenters. The number of rotatable bonds is 11. The van der Waals surface area contributed by atoms with E-state index in [1.165, 1.54) is 77.3 Å². The van der Waals surface area contributed by atoms with E-state index in [0.717, 1.165) is 17.8 Å². The highest BCUT2D eigenvalue weighted by Crippen LogP contribution is 2.48. The van der Waals surface area contributed by atoms with E-state index in [0.29, 0.717) is 0 Å². The Morgan fingerprint density at radius 3 is 2.06 bits per heavy atom. The molecule has 1 N–H and O–H groups in total. The van der Waals surface area contributed by atoms with Crippen LogP contribution in [0.25, 0.3) is 0 Å². The normalized spacial score (nSPS) is 20.1. The Morgan fingerprint density at radius 1 is 0.882 bits per heavy atom. The van der Waals surface area contributed by atoms with Crippen LogP contribution in [0, 0.1) is 17.8 Å². The van der Waals surface area contributed by atoms with Crippen molar-refractivity contribution in [2.45, 2.75) is 71.1 Å². The van der Waals surface area contributed by atoms with E-state index in [1.807, 2.05) is 0 Å². The third-order valence-corrected chi connectivity index (χ3v) is 4.54. The average Bonchev–Trinajstić information content (AvgIpc) is 3.18. The summed E-state index contributed by atoms with van der Waals surface area (Å²) in [6.45, 7) is 4.88. The second kappa shape index (κ2) is 7.41. The van der Waals surface area contributed by atoms with E-state index in [9.17, 15) is 0 Å². The first kappa shape index (κ1) is 13.4. The van der Waals surface area contributed by atoms with Gasteiger partial charge in [-0.05, 0) is 62.9 Å². The minimum absolute atomic E-state index is 1.05. The van der Waals surface area contributed by atoms with Gasteiger partial charge in [0, 0.05) is 0 Å². The summed E-state index contributed by atoms with van der Waals surface area (Å²) in [6, 6.07) is 0. The highest BCUT2D eigenvalue weighted by molar-refractivity contribution is 4.92. The van der Waals surface area contributed by atoms with Crippen LogP contribution in [-0.2, 0) is 0 Å². The van der Waals surface area contributed by atoms with E-state index in [-0.39, 0.29) is 0 Å². The Bertz CT molecular complexity index is 182. The molecule has 0 unspecified atom stereocenters. The Labute approximate surface area is 108 Å². The summed E-state index contributed by atoms with van der Waals surface area (Å²) < 4.78 is 0. The van der Waals surface area contributed by atoms with Crippen LogP contribution in [0.1, 0.15) is 71.1 Å². The zero-order valence-electron chi connectivity index (χ0n) is 11.7. The lowest BCUT2D eigenvalue weighted by atomic mass is 9.98. The first-order valence-corrected chi connectivity index (χ1v) is 8.12. The predicted molar refractivity (Wildman–Crippen MR) is 75.2 cm³/mol. The molecule has 2 saturated carbocycles. The maximum absolute atomic E-state index is 3.72. The molecular weight excluding hydrogens is 206 g/mol. The summed E-state index contributed by atoms with van der Waals surface area (Å²) >= 11 is 0. The number of hydrogen-bond acceptors (Lipinski definition) is 1. The van der Waals surface area contributed by atoms with Crippen LogP contribution >= 0.6 is 0 Å². The Morgan fingerprint density at radius 2 is 1.47 bits per heavy atom. The van der Waals surface area contributed by atoms with Crippen LogP contribution in [0.5, 0.6) is 0 Å². The van der Waals surface area contributed by atoms with Crippen molar-refractivity contribution < 1.29 is 0 Å². The molecule has 0 aromatic heterocycles. The van der Waals surface area contributed by atoms with Gasteiger partial charge in [0.15, 0.2) is 0 Å². The lowest BCUT2D eigenvalue weighted by Gasteiger charge is -2.16. The van der Waals surface area contributed by atoms with Crippen molar-refractivity contribution in [3.63, 3.8) is 0 Å². The molecule has 2 aliphatic carbocycles. The van der Waals surface area contributed by atoms with Gasteiger partial charge < -0.3 is 5.32 Å². The minimum Gasteiger partial charge on any atom is -0.316 e. The third kappa shape index (κ3) is 5.42. The van der Waals surface area contributed by atoms with E-state index < -0.39 is 0 Å². The van der Waals surface area contributed by atoms with Crippen LogP contribution in [0.15, 0.2) is 0 Å². The second-order valence-corrected chi connectivity index (χ2v) is 6.31. The molecule has 0 aliphatic heterocycles. The van der Waals surface area contributed by atoms with E-state index >= 15 is 0 Å². The minimum atomic E-state index is 1.05. The van der Waals surface area contributed by atoms with Crippen molar-refractivity contribution in [2.75, 3.05) is 13.1 Å². The Balaban J connectivity index is 1.40. The molecule has 0 saturated heterocycles. The maximum Gasteiger partial charge on any atom is -0.00152 e.